The topological polar surface area (TPSA) is 152 Å². The van der Waals surface area contributed by atoms with Crippen LogP contribution in [0.1, 0.15) is 213 Å². The number of hydrogen-bond acceptors (Lipinski definition) is 7. The lowest BCUT2D eigenvalue weighted by molar-refractivity contribution is 0.284. The third-order valence-corrected chi connectivity index (χ3v) is 8.56. The lowest BCUT2D eigenvalue weighted by atomic mass is 10.0. The Bertz CT molecular complexity index is 1350. The molecular weight excluding hydrogens is 817 g/mol. The molecule has 0 amide bonds. The highest BCUT2D eigenvalue weighted by atomic mass is 32.3. The fourth-order valence-corrected chi connectivity index (χ4v) is 5.27. The predicted octanol–water partition coefficient (Wildman–Crippen LogP) is 16.5. The van der Waals surface area contributed by atoms with E-state index in [0.29, 0.717) is 6.42 Å². The van der Waals surface area contributed by atoms with Gasteiger partial charge < -0.3 is 0 Å². The van der Waals surface area contributed by atoms with Crippen LogP contribution < -0.4 is 0 Å². The maximum atomic E-state index is 11.7. The molecule has 0 aromatic heterocycles. The second kappa shape index (κ2) is 68.6. The zero-order valence-electron chi connectivity index (χ0n) is 43.9. The minimum atomic E-state index is -4.60. The van der Waals surface area contributed by atoms with Crippen molar-refractivity contribution < 1.29 is 38.5 Å². The largest absolute Gasteiger partial charge is 0.397 e. The number of hydrogen-bond donors (Lipinski definition) is 2. The summed E-state index contributed by atoms with van der Waals surface area (Å²) in [6, 6.07) is 9.56. The molecule has 0 bridgehead atoms. The number of benzene rings is 2. The van der Waals surface area contributed by atoms with E-state index in [9.17, 15) is 29.8 Å². The molecule has 0 atom stereocenters. The molecule has 12 heteroatoms. The van der Waals surface area contributed by atoms with Crippen molar-refractivity contribution in [1.82, 2.24) is 0 Å². The first-order valence-corrected chi connectivity index (χ1v) is 27.3. The Kier molecular flexibility index (Phi) is 97.5. The van der Waals surface area contributed by atoms with E-state index in [2.05, 4.69) is 65.8 Å². The molecule has 0 saturated carbocycles. The van der Waals surface area contributed by atoms with Crippen LogP contribution in [0.2, 0.25) is 0 Å². The summed E-state index contributed by atoms with van der Waals surface area (Å²) in [6.45, 7) is 54.0. The minimum Gasteiger partial charge on any atom is -0.282 e. The molecule has 2 aromatic rings. The van der Waals surface area contributed by atoms with Crippen LogP contribution in [-0.2, 0) is 41.0 Å². The summed E-state index contributed by atoms with van der Waals surface area (Å²) < 4.78 is 87.9. The third kappa shape index (κ3) is 67.7. The molecule has 0 aliphatic heterocycles. The van der Waals surface area contributed by atoms with Gasteiger partial charge in [0.1, 0.15) is 0 Å². The monoisotopic (exact) mass is 921 g/mol. The molecular formula is C48H104O9S3. The average Bonchev–Trinajstić information content (AvgIpc) is 3.25. The first-order valence-electron chi connectivity index (χ1n) is 22.8. The summed E-state index contributed by atoms with van der Waals surface area (Å²) in [4.78, 5) is 0.152. The molecule has 368 valence electrons. The van der Waals surface area contributed by atoms with Crippen molar-refractivity contribution in [3.8, 4) is 0 Å². The zero-order chi connectivity index (χ0) is 51.0. The van der Waals surface area contributed by atoms with Crippen LogP contribution >= 0.6 is 0 Å². The van der Waals surface area contributed by atoms with Crippen molar-refractivity contribution in [3.05, 3.63) is 71.8 Å². The van der Waals surface area contributed by atoms with Gasteiger partial charge >= 0.3 is 10.4 Å². The van der Waals surface area contributed by atoms with Crippen LogP contribution in [0.25, 0.3) is 0 Å². The molecule has 9 nitrogen and oxygen atoms in total. The maximum Gasteiger partial charge on any atom is 0.397 e. The lowest BCUT2D eigenvalue weighted by Gasteiger charge is -2.10. The molecule has 0 spiro atoms. The average molecular weight is 922 g/mol. The molecule has 0 heterocycles. The van der Waals surface area contributed by atoms with Crippen molar-refractivity contribution in [2.75, 3.05) is 12.4 Å². The summed E-state index contributed by atoms with van der Waals surface area (Å²) in [5.41, 5.74) is 3.59. The summed E-state index contributed by atoms with van der Waals surface area (Å²) in [6.07, 6.45) is 8.94. The predicted molar refractivity (Wildman–Crippen MR) is 273 cm³/mol. The van der Waals surface area contributed by atoms with E-state index in [-0.39, 0.29) is 9.79 Å². The molecule has 0 aliphatic carbocycles. The highest BCUT2D eigenvalue weighted by Crippen LogP contribution is 2.22. The Morgan fingerprint density at radius 1 is 0.533 bits per heavy atom. The second-order valence-electron chi connectivity index (χ2n) is 10.3. The van der Waals surface area contributed by atoms with Gasteiger partial charge in [-0.25, -0.2) is 12.6 Å². The lowest BCUT2D eigenvalue weighted by Crippen LogP contribution is -2.15. The van der Waals surface area contributed by atoms with Gasteiger partial charge in [-0.2, -0.15) is 16.8 Å². The first kappa shape index (κ1) is 85.2. The molecule has 0 fully saturated rings. The number of unbranched alkanes of at least 4 members (excludes halogenated alkanes) is 3. The van der Waals surface area contributed by atoms with Crippen LogP contribution in [0.3, 0.4) is 0 Å². The quantitative estimate of drug-likeness (QED) is 0.127. The van der Waals surface area contributed by atoms with Gasteiger partial charge in [0.15, 0.2) is 9.84 Å². The SMILES string of the molecule is C=C.CC.CC.CC.CC.CC.CC.CC.CCC.CCC.CCCC.CCCCCc1cc(C)c(C)cc1S(=O)(=O)O.Cc1ccc(S(=O)(=O)CCOS(=O)(=O)O)cc1. The molecule has 2 aromatic carbocycles. The van der Waals surface area contributed by atoms with Gasteiger partial charge in [0.05, 0.1) is 22.2 Å². The van der Waals surface area contributed by atoms with Crippen molar-refractivity contribution >= 4 is 30.4 Å². The van der Waals surface area contributed by atoms with Gasteiger partial charge in [-0.3, -0.25) is 9.11 Å². The van der Waals surface area contributed by atoms with E-state index in [1.54, 1.807) is 18.2 Å². The van der Waals surface area contributed by atoms with Crippen LogP contribution in [-0.4, -0.2) is 46.7 Å². The van der Waals surface area contributed by atoms with Crippen molar-refractivity contribution in [3.63, 3.8) is 0 Å². The molecule has 2 rings (SSSR count). The van der Waals surface area contributed by atoms with E-state index in [4.69, 9.17) is 4.55 Å². The Morgan fingerprint density at radius 2 is 0.867 bits per heavy atom. The molecule has 60 heavy (non-hydrogen) atoms. The first-order chi connectivity index (χ1) is 28.3. The molecule has 0 saturated heterocycles. The summed E-state index contributed by atoms with van der Waals surface area (Å²) in [5, 5.41) is 0. The zero-order valence-corrected chi connectivity index (χ0v) is 46.4. The van der Waals surface area contributed by atoms with Gasteiger partial charge in [0.25, 0.3) is 10.1 Å². The van der Waals surface area contributed by atoms with Crippen molar-refractivity contribution in [1.29, 1.82) is 0 Å². The number of aryl methyl sites for hydroxylation is 4. The standard InChI is InChI=1S/C13H20O3S.C9H12O6S2.C4H10.2C3H8.7C2H6.C2H4/c1-4-5-6-7-12-8-10(2)11(3)9-13(12)17(14,15)16;1-8-2-4-9(5-3-8)16(10,11)7-6-15-17(12,13)14;1-3-4-2;2*1-3-2;8*1-2/h8-9H,4-7H2,1-3H3,(H,14,15,16);2-5H,6-7H2,1H3,(H,12,13,14);3-4H2,1-2H3;2*3H2,1-2H3;7*1-2H3;1-2H2. The highest BCUT2D eigenvalue weighted by molar-refractivity contribution is 7.91. The smallest absolute Gasteiger partial charge is 0.282 e. The Hall–Kier alpha value is -2.09. The van der Waals surface area contributed by atoms with Gasteiger partial charge in [-0.15, -0.1) is 13.2 Å². The van der Waals surface area contributed by atoms with E-state index in [1.165, 1.54) is 37.8 Å². The third-order valence-electron chi connectivity index (χ3n) is 5.47. The van der Waals surface area contributed by atoms with E-state index in [0.717, 1.165) is 41.5 Å². The Morgan fingerprint density at radius 3 is 1.15 bits per heavy atom. The van der Waals surface area contributed by atoms with Gasteiger partial charge in [-0.1, -0.05) is 208 Å². The Balaban J connectivity index is -0.0000000573. The number of rotatable bonds is 11. The number of sulfone groups is 1. The van der Waals surface area contributed by atoms with Crippen LogP contribution in [0, 0.1) is 20.8 Å². The second-order valence-corrected chi connectivity index (χ2v) is 14.9. The van der Waals surface area contributed by atoms with Gasteiger partial charge in [0, 0.05) is 0 Å². The summed E-state index contributed by atoms with van der Waals surface area (Å²) >= 11 is 0. The molecule has 2 N–H and O–H groups in total. The molecule has 0 unspecified atom stereocenters. The normalized spacial score (nSPS) is 8.77. The van der Waals surface area contributed by atoms with Crippen LogP contribution in [0.5, 0.6) is 0 Å². The van der Waals surface area contributed by atoms with Gasteiger partial charge in [-0.05, 0) is 68.5 Å². The van der Waals surface area contributed by atoms with Gasteiger partial charge in [0.2, 0.25) is 0 Å². The Labute approximate surface area is 378 Å². The van der Waals surface area contributed by atoms with E-state index in [1.807, 2.05) is 124 Å². The summed E-state index contributed by atoms with van der Waals surface area (Å²) in [7, 11) is -12.3. The van der Waals surface area contributed by atoms with Crippen molar-refractivity contribution in [2.24, 2.45) is 0 Å². The highest BCUT2D eigenvalue weighted by Gasteiger charge is 2.17. The fraction of sp³-hybridized carbons (Fsp3) is 0.708. The summed E-state index contributed by atoms with van der Waals surface area (Å²) in [5.74, 6) is -0.518. The van der Waals surface area contributed by atoms with Crippen LogP contribution in [0.15, 0.2) is 59.3 Å². The van der Waals surface area contributed by atoms with E-state index < -0.39 is 42.7 Å². The minimum absolute atomic E-state index is 0.0664. The maximum absolute atomic E-state index is 11.7. The van der Waals surface area contributed by atoms with Crippen LogP contribution in [0.4, 0.5) is 0 Å². The fourth-order valence-electron chi connectivity index (χ4n) is 2.96. The van der Waals surface area contributed by atoms with Crippen molar-refractivity contribution in [2.45, 2.75) is 227 Å². The molecule has 0 radical (unpaired) electrons. The molecule has 0 aliphatic rings. The van der Waals surface area contributed by atoms with E-state index >= 15 is 0 Å².